The lowest BCUT2D eigenvalue weighted by molar-refractivity contribution is -0.0774. The molecule has 1 aromatic heterocycles. The molecule has 0 radical (unpaired) electrons. The molecule has 4 heteroatoms. The largest absolute Gasteiger partial charge is 0.381 e. The zero-order valence-corrected chi connectivity index (χ0v) is 19.8. The molecule has 4 nitrogen and oxygen atoms in total. The molecule has 31 heavy (non-hydrogen) atoms. The van der Waals surface area contributed by atoms with Gasteiger partial charge in [-0.1, -0.05) is 6.92 Å². The van der Waals surface area contributed by atoms with E-state index >= 15 is 0 Å². The molecule has 0 bridgehead atoms. The van der Waals surface area contributed by atoms with Crippen molar-refractivity contribution < 1.29 is 4.74 Å². The molecule has 170 valence electrons. The Balaban J connectivity index is 1.29. The van der Waals surface area contributed by atoms with Gasteiger partial charge in [0, 0.05) is 19.4 Å². The Hall–Kier alpha value is -1.34. The first-order valence-electron chi connectivity index (χ1n) is 13.1. The van der Waals surface area contributed by atoms with E-state index in [9.17, 15) is 5.26 Å². The van der Waals surface area contributed by atoms with Gasteiger partial charge in [0.15, 0.2) is 0 Å². The maximum Gasteiger partial charge on any atom is 0.102 e. The van der Waals surface area contributed by atoms with Crippen LogP contribution < -0.4 is 0 Å². The van der Waals surface area contributed by atoms with Crippen molar-refractivity contribution in [1.29, 1.82) is 5.26 Å². The van der Waals surface area contributed by atoms with Crippen molar-refractivity contribution in [2.75, 3.05) is 13.2 Å². The number of hydrogen-bond donors (Lipinski definition) is 0. The van der Waals surface area contributed by atoms with Crippen molar-refractivity contribution in [3.05, 3.63) is 18.0 Å². The smallest absolute Gasteiger partial charge is 0.102 e. The fourth-order valence-corrected chi connectivity index (χ4v) is 9.02. The van der Waals surface area contributed by atoms with E-state index in [1.54, 1.807) is 6.20 Å². The van der Waals surface area contributed by atoms with Crippen LogP contribution in [0, 0.1) is 58.2 Å². The SMILES string of the molecule is CCOCC1CCC2C(CCC3C2CCC2(C)C3CCC2C(C)n2cc(C#N)cn2)C1. The van der Waals surface area contributed by atoms with Gasteiger partial charge in [-0.2, -0.15) is 10.4 Å². The molecular formula is C27H41N3O. The Kier molecular flexibility index (Phi) is 5.93. The van der Waals surface area contributed by atoms with Gasteiger partial charge in [-0.25, -0.2) is 0 Å². The summed E-state index contributed by atoms with van der Waals surface area (Å²) in [4.78, 5) is 0. The highest BCUT2D eigenvalue weighted by Gasteiger charge is 2.58. The van der Waals surface area contributed by atoms with E-state index in [0.29, 0.717) is 22.9 Å². The summed E-state index contributed by atoms with van der Waals surface area (Å²) in [5.41, 5.74) is 1.13. The van der Waals surface area contributed by atoms with E-state index in [2.05, 4.69) is 36.6 Å². The molecular weight excluding hydrogens is 382 g/mol. The van der Waals surface area contributed by atoms with E-state index in [4.69, 9.17) is 4.74 Å². The first-order chi connectivity index (χ1) is 15.0. The zero-order chi connectivity index (χ0) is 21.6. The first kappa shape index (κ1) is 21.5. The van der Waals surface area contributed by atoms with Gasteiger partial charge < -0.3 is 4.74 Å². The predicted octanol–water partition coefficient (Wildman–Crippen LogP) is 6.24. The van der Waals surface area contributed by atoms with Gasteiger partial charge >= 0.3 is 0 Å². The maximum absolute atomic E-state index is 9.21. The first-order valence-corrected chi connectivity index (χ1v) is 13.1. The van der Waals surface area contributed by atoms with E-state index < -0.39 is 0 Å². The molecule has 9 unspecified atom stereocenters. The molecule has 4 aliphatic rings. The van der Waals surface area contributed by atoms with Gasteiger partial charge in [0.2, 0.25) is 0 Å². The lowest BCUT2D eigenvalue weighted by atomic mass is 9.49. The highest BCUT2D eigenvalue weighted by atomic mass is 16.5. The Morgan fingerprint density at radius 1 is 1.16 bits per heavy atom. The monoisotopic (exact) mass is 423 g/mol. The minimum absolute atomic E-state index is 0.388. The minimum atomic E-state index is 0.388. The lowest BCUT2D eigenvalue weighted by Gasteiger charge is -2.56. The quantitative estimate of drug-likeness (QED) is 0.563. The summed E-state index contributed by atoms with van der Waals surface area (Å²) in [6.45, 7) is 8.94. The molecule has 0 N–H and O–H groups in total. The van der Waals surface area contributed by atoms with Crippen LogP contribution in [-0.4, -0.2) is 23.0 Å². The molecule has 0 aromatic carbocycles. The van der Waals surface area contributed by atoms with E-state index in [-0.39, 0.29) is 0 Å². The second-order valence-electron chi connectivity index (χ2n) is 11.6. The second kappa shape index (κ2) is 8.54. The lowest BCUT2D eigenvalue weighted by Crippen LogP contribution is -2.49. The molecule has 0 aliphatic heterocycles. The van der Waals surface area contributed by atoms with Crippen LogP contribution in [0.5, 0.6) is 0 Å². The van der Waals surface area contributed by atoms with Crippen LogP contribution in [0.4, 0.5) is 0 Å². The fourth-order valence-electron chi connectivity index (χ4n) is 9.02. The van der Waals surface area contributed by atoms with Crippen molar-refractivity contribution in [3.63, 3.8) is 0 Å². The zero-order valence-electron chi connectivity index (χ0n) is 19.8. The summed E-state index contributed by atoms with van der Waals surface area (Å²) in [5, 5.41) is 13.8. The average Bonchev–Trinajstić information content (AvgIpc) is 3.41. The molecule has 9 atom stereocenters. The van der Waals surface area contributed by atoms with Crippen molar-refractivity contribution >= 4 is 0 Å². The number of nitriles is 1. The summed E-state index contributed by atoms with van der Waals surface area (Å²) >= 11 is 0. The number of aromatic nitrogens is 2. The average molecular weight is 424 g/mol. The van der Waals surface area contributed by atoms with Crippen molar-refractivity contribution in [3.8, 4) is 6.07 Å². The van der Waals surface area contributed by atoms with Crippen molar-refractivity contribution in [1.82, 2.24) is 9.78 Å². The van der Waals surface area contributed by atoms with Gasteiger partial charge in [-0.05, 0) is 118 Å². The highest BCUT2D eigenvalue weighted by Crippen LogP contribution is 2.65. The van der Waals surface area contributed by atoms with Crippen LogP contribution in [0.15, 0.2) is 12.4 Å². The number of ether oxygens (including phenoxy) is 1. The summed E-state index contributed by atoms with van der Waals surface area (Å²) in [6, 6.07) is 2.63. The molecule has 0 saturated heterocycles. The van der Waals surface area contributed by atoms with Crippen LogP contribution in [0.2, 0.25) is 0 Å². The third-order valence-corrected chi connectivity index (χ3v) is 10.4. The van der Waals surface area contributed by atoms with Crippen LogP contribution in [0.3, 0.4) is 0 Å². The molecule has 0 spiro atoms. The topological polar surface area (TPSA) is 50.8 Å². The molecule has 4 fully saturated rings. The van der Waals surface area contributed by atoms with Crippen LogP contribution in [0.25, 0.3) is 0 Å². The second-order valence-corrected chi connectivity index (χ2v) is 11.6. The number of fused-ring (bicyclic) bond motifs is 5. The number of hydrogen-bond acceptors (Lipinski definition) is 3. The van der Waals surface area contributed by atoms with Crippen LogP contribution in [-0.2, 0) is 4.74 Å². The minimum Gasteiger partial charge on any atom is -0.381 e. The highest BCUT2D eigenvalue weighted by molar-refractivity contribution is 5.22. The predicted molar refractivity (Wildman–Crippen MR) is 122 cm³/mol. The molecule has 4 saturated carbocycles. The number of rotatable bonds is 5. The van der Waals surface area contributed by atoms with Gasteiger partial charge in [-0.15, -0.1) is 0 Å². The summed E-state index contributed by atoms with van der Waals surface area (Å²) in [7, 11) is 0. The van der Waals surface area contributed by atoms with E-state index in [1.807, 2.05) is 6.20 Å². The van der Waals surface area contributed by atoms with Crippen molar-refractivity contribution in [2.24, 2.45) is 46.8 Å². The van der Waals surface area contributed by atoms with Gasteiger partial charge in [0.25, 0.3) is 0 Å². The van der Waals surface area contributed by atoms with E-state index in [1.165, 1.54) is 57.8 Å². The molecule has 1 aromatic rings. The summed E-state index contributed by atoms with van der Waals surface area (Å²) in [6.07, 6.45) is 16.5. The number of nitrogens with zero attached hydrogens (tertiary/aromatic N) is 3. The third kappa shape index (κ3) is 3.65. The molecule has 0 amide bonds. The molecule has 1 heterocycles. The third-order valence-electron chi connectivity index (χ3n) is 10.4. The summed E-state index contributed by atoms with van der Waals surface area (Å²) in [5.74, 6) is 6.28. The normalized spacial score (nSPS) is 42.8. The Labute approximate surface area is 188 Å². The van der Waals surface area contributed by atoms with Gasteiger partial charge in [0.05, 0.1) is 17.8 Å². The standard InChI is InChI=1S/C27H41N3O/c1-4-31-17-19-5-7-22-21(13-19)6-8-24-23(22)11-12-27(3)25(9-10-26(24)27)18(2)30-16-20(14-28)15-29-30/h15-16,18-19,21-26H,4-13,17H2,1-3H3. The Morgan fingerprint density at radius 3 is 2.77 bits per heavy atom. The van der Waals surface area contributed by atoms with Crippen LogP contribution in [0.1, 0.15) is 90.2 Å². The van der Waals surface area contributed by atoms with Crippen LogP contribution >= 0.6 is 0 Å². The van der Waals surface area contributed by atoms with Crippen molar-refractivity contribution in [2.45, 2.75) is 84.6 Å². The molecule has 5 rings (SSSR count). The summed E-state index contributed by atoms with van der Waals surface area (Å²) < 4.78 is 7.87. The Morgan fingerprint density at radius 2 is 2.00 bits per heavy atom. The van der Waals surface area contributed by atoms with E-state index in [0.717, 1.165) is 48.7 Å². The van der Waals surface area contributed by atoms with Gasteiger partial charge in [0.1, 0.15) is 6.07 Å². The molecule has 4 aliphatic carbocycles. The van der Waals surface area contributed by atoms with Gasteiger partial charge in [-0.3, -0.25) is 4.68 Å². The Bertz CT molecular complexity index is 812. The fraction of sp³-hybridized carbons (Fsp3) is 0.852. The maximum atomic E-state index is 9.21.